The summed E-state index contributed by atoms with van der Waals surface area (Å²) >= 11 is 5.99. The highest BCUT2D eigenvalue weighted by Crippen LogP contribution is 2.33. The van der Waals surface area contributed by atoms with Gasteiger partial charge in [0.15, 0.2) is 0 Å². The minimum atomic E-state index is -0.953. The molecule has 4 heteroatoms. The molecule has 0 saturated carbocycles. The summed E-state index contributed by atoms with van der Waals surface area (Å²) in [5.74, 6) is -0.294. The quantitative estimate of drug-likeness (QED) is 0.921. The summed E-state index contributed by atoms with van der Waals surface area (Å²) in [5.41, 5.74) is 2.67. The maximum absolute atomic E-state index is 11.1. The van der Waals surface area contributed by atoms with Crippen molar-refractivity contribution in [2.75, 3.05) is 7.11 Å². The van der Waals surface area contributed by atoms with E-state index in [1.165, 1.54) is 0 Å². The largest absolute Gasteiger partial charge is 0.496 e. The fraction of sp³-hybridized carbons (Fsp3) is 0.133. The van der Waals surface area contributed by atoms with Crippen molar-refractivity contribution in [2.24, 2.45) is 0 Å². The minimum Gasteiger partial charge on any atom is -0.496 e. The second-order valence-electron chi connectivity index (χ2n) is 4.24. The lowest BCUT2D eigenvalue weighted by molar-refractivity contribution is 0.0697. The number of carboxylic acid groups (broad SMARTS) is 1. The van der Waals surface area contributed by atoms with Crippen molar-refractivity contribution >= 4 is 17.6 Å². The first-order valence-corrected chi connectivity index (χ1v) is 6.08. The molecule has 0 amide bonds. The van der Waals surface area contributed by atoms with Gasteiger partial charge in [0, 0.05) is 10.6 Å². The summed E-state index contributed by atoms with van der Waals surface area (Å²) in [5, 5.41) is 9.68. The zero-order valence-electron chi connectivity index (χ0n) is 10.6. The highest BCUT2D eigenvalue weighted by molar-refractivity contribution is 6.31. The van der Waals surface area contributed by atoms with Crippen molar-refractivity contribution in [2.45, 2.75) is 6.92 Å². The van der Waals surface area contributed by atoms with E-state index in [1.54, 1.807) is 37.4 Å². The highest BCUT2D eigenvalue weighted by atomic mass is 35.5. The van der Waals surface area contributed by atoms with Crippen LogP contribution in [-0.2, 0) is 0 Å². The molecule has 3 nitrogen and oxygen atoms in total. The fourth-order valence-electron chi connectivity index (χ4n) is 1.97. The zero-order chi connectivity index (χ0) is 14.0. The van der Waals surface area contributed by atoms with Crippen LogP contribution in [0.15, 0.2) is 36.4 Å². The van der Waals surface area contributed by atoms with Gasteiger partial charge in [0.2, 0.25) is 0 Å². The van der Waals surface area contributed by atoms with Crippen molar-refractivity contribution in [1.82, 2.24) is 0 Å². The smallest absolute Gasteiger partial charge is 0.335 e. The Morgan fingerprint density at radius 1 is 1.21 bits per heavy atom. The number of carbonyl (C=O) groups is 1. The number of carboxylic acids is 1. The van der Waals surface area contributed by atoms with E-state index in [1.807, 2.05) is 13.0 Å². The Labute approximate surface area is 116 Å². The Morgan fingerprint density at radius 3 is 2.58 bits per heavy atom. The average Bonchev–Trinajstić information content (AvgIpc) is 2.37. The number of ether oxygens (including phenoxy) is 1. The molecular formula is C15H13ClO3. The third kappa shape index (κ3) is 2.88. The molecule has 0 radical (unpaired) electrons. The van der Waals surface area contributed by atoms with Crippen LogP contribution in [0.3, 0.4) is 0 Å². The maximum atomic E-state index is 11.1. The standard InChI is InChI=1S/C15H13ClO3/c1-9-5-10(7-11(6-9)15(17)18)13-8-12(16)3-4-14(13)19-2/h3-8H,1-2H3,(H,17,18). The third-order valence-corrected chi connectivity index (χ3v) is 3.03. The Balaban J connectivity index is 2.64. The van der Waals surface area contributed by atoms with Crippen molar-refractivity contribution in [3.05, 3.63) is 52.5 Å². The van der Waals surface area contributed by atoms with Crippen LogP contribution >= 0.6 is 11.6 Å². The Morgan fingerprint density at radius 2 is 1.95 bits per heavy atom. The van der Waals surface area contributed by atoms with Gasteiger partial charge < -0.3 is 9.84 Å². The van der Waals surface area contributed by atoms with E-state index >= 15 is 0 Å². The Hall–Kier alpha value is -2.00. The molecule has 0 saturated heterocycles. The SMILES string of the molecule is COc1ccc(Cl)cc1-c1cc(C)cc(C(=O)O)c1. The first kappa shape index (κ1) is 13.4. The van der Waals surface area contributed by atoms with Crippen LogP contribution in [0.1, 0.15) is 15.9 Å². The molecule has 19 heavy (non-hydrogen) atoms. The molecule has 2 aromatic carbocycles. The monoisotopic (exact) mass is 276 g/mol. The summed E-state index contributed by atoms with van der Waals surface area (Å²) < 4.78 is 5.29. The van der Waals surface area contributed by atoms with E-state index in [0.29, 0.717) is 10.8 Å². The van der Waals surface area contributed by atoms with Gasteiger partial charge >= 0.3 is 5.97 Å². The molecule has 2 rings (SSSR count). The van der Waals surface area contributed by atoms with Gasteiger partial charge in [-0.3, -0.25) is 0 Å². The van der Waals surface area contributed by atoms with Gasteiger partial charge in [0.1, 0.15) is 5.75 Å². The van der Waals surface area contributed by atoms with Gasteiger partial charge in [0.05, 0.1) is 12.7 Å². The Kier molecular flexibility index (Phi) is 3.76. The van der Waals surface area contributed by atoms with E-state index in [9.17, 15) is 4.79 Å². The molecule has 0 aliphatic heterocycles. The lowest BCUT2D eigenvalue weighted by Gasteiger charge is -2.11. The van der Waals surface area contributed by atoms with Crippen molar-refractivity contribution in [3.63, 3.8) is 0 Å². The molecule has 0 unspecified atom stereocenters. The van der Waals surface area contributed by atoms with Gasteiger partial charge in [-0.15, -0.1) is 0 Å². The fourth-order valence-corrected chi connectivity index (χ4v) is 2.14. The number of methoxy groups -OCH3 is 1. The van der Waals surface area contributed by atoms with Crippen LogP contribution in [-0.4, -0.2) is 18.2 Å². The minimum absolute atomic E-state index is 0.247. The summed E-state index contributed by atoms with van der Waals surface area (Å²) in [4.78, 5) is 11.1. The predicted octanol–water partition coefficient (Wildman–Crippen LogP) is 4.02. The number of hydrogen-bond acceptors (Lipinski definition) is 2. The summed E-state index contributed by atoms with van der Waals surface area (Å²) in [6.45, 7) is 1.85. The maximum Gasteiger partial charge on any atom is 0.335 e. The number of aryl methyl sites for hydroxylation is 1. The molecular weight excluding hydrogens is 264 g/mol. The van der Waals surface area contributed by atoms with Gasteiger partial charge in [-0.2, -0.15) is 0 Å². The number of halogens is 1. The predicted molar refractivity (Wildman–Crippen MR) is 75.1 cm³/mol. The molecule has 0 fully saturated rings. The molecule has 0 spiro atoms. The van der Waals surface area contributed by atoms with E-state index in [2.05, 4.69) is 0 Å². The van der Waals surface area contributed by atoms with Crippen LogP contribution in [0.5, 0.6) is 5.75 Å². The second-order valence-corrected chi connectivity index (χ2v) is 4.67. The van der Waals surface area contributed by atoms with E-state index < -0.39 is 5.97 Å². The topological polar surface area (TPSA) is 46.5 Å². The molecule has 98 valence electrons. The molecule has 1 N–H and O–H groups in total. The van der Waals surface area contributed by atoms with E-state index in [0.717, 1.165) is 16.7 Å². The van der Waals surface area contributed by atoms with Gasteiger partial charge in [0.25, 0.3) is 0 Å². The Bertz CT molecular complexity index is 635. The lowest BCUT2D eigenvalue weighted by atomic mass is 9.99. The van der Waals surface area contributed by atoms with Crippen LogP contribution < -0.4 is 4.74 Å². The summed E-state index contributed by atoms with van der Waals surface area (Å²) in [7, 11) is 1.57. The number of rotatable bonds is 3. The molecule has 0 aromatic heterocycles. The number of benzene rings is 2. The molecule has 0 atom stereocenters. The molecule has 2 aromatic rings. The average molecular weight is 277 g/mol. The van der Waals surface area contributed by atoms with Crippen LogP contribution in [0.25, 0.3) is 11.1 Å². The van der Waals surface area contributed by atoms with Crippen molar-refractivity contribution < 1.29 is 14.6 Å². The normalized spacial score (nSPS) is 10.3. The number of aromatic carboxylic acids is 1. The molecule has 0 bridgehead atoms. The number of hydrogen-bond donors (Lipinski definition) is 1. The van der Waals surface area contributed by atoms with Gasteiger partial charge in [-0.1, -0.05) is 17.7 Å². The molecule has 0 aliphatic rings. The highest BCUT2D eigenvalue weighted by Gasteiger charge is 2.11. The summed E-state index contributed by atoms with van der Waals surface area (Å²) in [6.07, 6.45) is 0. The van der Waals surface area contributed by atoms with E-state index in [-0.39, 0.29) is 5.56 Å². The van der Waals surface area contributed by atoms with Crippen LogP contribution in [0.4, 0.5) is 0 Å². The zero-order valence-corrected chi connectivity index (χ0v) is 11.4. The third-order valence-electron chi connectivity index (χ3n) is 2.80. The van der Waals surface area contributed by atoms with E-state index in [4.69, 9.17) is 21.4 Å². The second kappa shape index (κ2) is 5.33. The van der Waals surface area contributed by atoms with Crippen molar-refractivity contribution in [3.8, 4) is 16.9 Å². The summed E-state index contributed by atoms with van der Waals surface area (Å²) in [6, 6.07) is 10.4. The lowest BCUT2D eigenvalue weighted by Crippen LogP contribution is -1.98. The van der Waals surface area contributed by atoms with Crippen LogP contribution in [0.2, 0.25) is 5.02 Å². The van der Waals surface area contributed by atoms with Crippen molar-refractivity contribution in [1.29, 1.82) is 0 Å². The van der Waals surface area contributed by atoms with Gasteiger partial charge in [-0.05, 0) is 48.4 Å². The van der Waals surface area contributed by atoms with Gasteiger partial charge in [-0.25, -0.2) is 4.79 Å². The first-order valence-electron chi connectivity index (χ1n) is 5.70. The van der Waals surface area contributed by atoms with Crippen LogP contribution in [0, 0.1) is 6.92 Å². The molecule has 0 heterocycles. The first-order chi connectivity index (χ1) is 9.01. The molecule has 0 aliphatic carbocycles.